The summed E-state index contributed by atoms with van der Waals surface area (Å²) in [5, 5.41) is 20.7. The van der Waals surface area contributed by atoms with Crippen molar-refractivity contribution in [2.75, 3.05) is 18.7 Å². The average molecular weight is 478 g/mol. The van der Waals surface area contributed by atoms with Gasteiger partial charge in [-0.2, -0.15) is 0 Å². The fraction of sp³-hybridized carbons (Fsp3) is 0.120. The van der Waals surface area contributed by atoms with E-state index in [2.05, 4.69) is 10.6 Å². The zero-order chi connectivity index (χ0) is 25.2. The van der Waals surface area contributed by atoms with E-state index in [-0.39, 0.29) is 25.0 Å². The van der Waals surface area contributed by atoms with E-state index < -0.39 is 11.9 Å². The standard InChI is InChI=1S/C23H20N2O4.C2H2O4/c26-22(14-24-13-16-10-11-20-21(12-16)29-15-28-20)25-19-9-5-4-8-18(19)23(27)17-6-2-1-3-7-17;3-1(4)2(5)6/h1-12,24H,13-15H2,(H,25,26);(H,3,4)(H,5,6). The Morgan fingerprint density at radius 1 is 0.800 bits per heavy atom. The van der Waals surface area contributed by atoms with E-state index in [1.807, 2.05) is 36.4 Å². The number of carboxylic acids is 2. The van der Waals surface area contributed by atoms with Gasteiger partial charge in [-0.3, -0.25) is 9.59 Å². The van der Waals surface area contributed by atoms with Crippen LogP contribution < -0.4 is 20.1 Å². The number of fused-ring (bicyclic) bond motifs is 1. The molecular weight excluding hydrogens is 456 g/mol. The first kappa shape index (κ1) is 24.9. The van der Waals surface area contributed by atoms with Crippen LogP contribution in [0.5, 0.6) is 11.5 Å². The maximum absolute atomic E-state index is 12.8. The number of amides is 1. The lowest BCUT2D eigenvalue weighted by molar-refractivity contribution is -0.159. The lowest BCUT2D eigenvalue weighted by Crippen LogP contribution is -2.28. The fourth-order valence-corrected chi connectivity index (χ4v) is 3.10. The van der Waals surface area contributed by atoms with E-state index in [9.17, 15) is 9.59 Å². The van der Waals surface area contributed by atoms with Gasteiger partial charge in [0.05, 0.1) is 12.2 Å². The highest BCUT2D eigenvalue weighted by Gasteiger charge is 2.15. The van der Waals surface area contributed by atoms with Gasteiger partial charge in [-0.25, -0.2) is 9.59 Å². The molecule has 4 rings (SSSR count). The Hall–Kier alpha value is -4.70. The van der Waals surface area contributed by atoms with Gasteiger partial charge in [-0.15, -0.1) is 0 Å². The van der Waals surface area contributed by atoms with Gasteiger partial charge in [-0.05, 0) is 29.8 Å². The lowest BCUT2D eigenvalue weighted by atomic mass is 10.0. The molecule has 0 aromatic heterocycles. The fourth-order valence-electron chi connectivity index (χ4n) is 3.10. The number of carbonyl (C=O) groups is 4. The molecule has 1 heterocycles. The van der Waals surface area contributed by atoms with Crippen LogP contribution in [-0.4, -0.2) is 47.2 Å². The summed E-state index contributed by atoms with van der Waals surface area (Å²) in [4.78, 5) is 43.3. The van der Waals surface area contributed by atoms with Gasteiger partial charge in [0.2, 0.25) is 12.7 Å². The molecule has 0 radical (unpaired) electrons. The zero-order valence-corrected chi connectivity index (χ0v) is 18.4. The molecular formula is C25H22N2O8. The van der Waals surface area contributed by atoms with Crippen molar-refractivity contribution in [2.24, 2.45) is 0 Å². The molecule has 0 spiro atoms. The lowest BCUT2D eigenvalue weighted by Gasteiger charge is -2.11. The molecule has 0 atom stereocenters. The maximum Gasteiger partial charge on any atom is 0.414 e. The number of hydrogen-bond acceptors (Lipinski definition) is 7. The predicted octanol–water partition coefficient (Wildman–Crippen LogP) is 2.53. The molecule has 0 fully saturated rings. The largest absolute Gasteiger partial charge is 0.473 e. The number of aliphatic carboxylic acids is 2. The molecule has 4 N–H and O–H groups in total. The van der Waals surface area contributed by atoms with Gasteiger partial charge < -0.3 is 30.3 Å². The van der Waals surface area contributed by atoms with Gasteiger partial charge in [-0.1, -0.05) is 48.5 Å². The summed E-state index contributed by atoms with van der Waals surface area (Å²) in [6, 6.07) is 21.7. The smallest absolute Gasteiger partial charge is 0.414 e. The molecule has 0 saturated heterocycles. The first-order chi connectivity index (χ1) is 16.8. The quantitative estimate of drug-likeness (QED) is 0.297. The molecule has 1 aliphatic heterocycles. The molecule has 0 saturated carbocycles. The van der Waals surface area contributed by atoms with Crippen LogP contribution in [0.15, 0.2) is 72.8 Å². The first-order valence-electron chi connectivity index (χ1n) is 10.4. The summed E-state index contributed by atoms with van der Waals surface area (Å²) < 4.78 is 10.6. The molecule has 3 aromatic rings. The predicted molar refractivity (Wildman–Crippen MR) is 124 cm³/mol. The molecule has 0 unspecified atom stereocenters. The van der Waals surface area contributed by atoms with Crippen LogP contribution in [0.2, 0.25) is 0 Å². The van der Waals surface area contributed by atoms with Crippen molar-refractivity contribution < 1.29 is 38.9 Å². The Kier molecular flexibility index (Phi) is 8.52. The van der Waals surface area contributed by atoms with Crippen LogP contribution in [0, 0.1) is 0 Å². The molecule has 1 amide bonds. The third-order valence-electron chi connectivity index (χ3n) is 4.72. The van der Waals surface area contributed by atoms with E-state index in [4.69, 9.17) is 29.3 Å². The van der Waals surface area contributed by atoms with E-state index in [0.29, 0.717) is 29.1 Å². The van der Waals surface area contributed by atoms with Crippen LogP contribution in [0.4, 0.5) is 5.69 Å². The number of anilines is 1. The number of rotatable bonds is 7. The maximum atomic E-state index is 12.8. The number of carboxylic acid groups (broad SMARTS) is 2. The number of carbonyl (C=O) groups excluding carboxylic acids is 2. The Morgan fingerprint density at radius 2 is 1.46 bits per heavy atom. The normalized spacial score (nSPS) is 11.1. The minimum atomic E-state index is -1.82. The minimum Gasteiger partial charge on any atom is -0.473 e. The van der Waals surface area contributed by atoms with E-state index in [0.717, 1.165) is 11.3 Å². The summed E-state index contributed by atoms with van der Waals surface area (Å²) in [7, 11) is 0. The first-order valence-corrected chi connectivity index (χ1v) is 10.4. The number of benzene rings is 3. The van der Waals surface area contributed by atoms with Crippen LogP contribution in [0.3, 0.4) is 0 Å². The van der Waals surface area contributed by atoms with Gasteiger partial charge in [0.25, 0.3) is 0 Å². The summed E-state index contributed by atoms with van der Waals surface area (Å²) in [6.07, 6.45) is 0. The molecule has 35 heavy (non-hydrogen) atoms. The van der Waals surface area contributed by atoms with Crippen LogP contribution in [-0.2, 0) is 20.9 Å². The van der Waals surface area contributed by atoms with Gasteiger partial charge >= 0.3 is 11.9 Å². The summed E-state index contributed by atoms with van der Waals surface area (Å²) in [5.41, 5.74) is 2.52. The molecule has 1 aliphatic rings. The van der Waals surface area contributed by atoms with E-state index >= 15 is 0 Å². The molecule has 180 valence electrons. The Balaban J connectivity index is 0.000000509. The Bertz CT molecular complexity index is 1220. The number of para-hydroxylation sites is 1. The second-order valence-electron chi connectivity index (χ2n) is 7.19. The number of ether oxygens (including phenoxy) is 2. The molecule has 0 aliphatic carbocycles. The Morgan fingerprint density at radius 3 is 2.17 bits per heavy atom. The highest BCUT2D eigenvalue weighted by molar-refractivity contribution is 6.27. The molecule has 3 aromatic carbocycles. The monoisotopic (exact) mass is 478 g/mol. The molecule has 10 nitrogen and oxygen atoms in total. The Labute approximate surface area is 200 Å². The van der Waals surface area contributed by atoms with Crippen molar-refractivity contribution >= 4 is 29.3 Å². The SMILES string of the molecule is O=C(CNCc1ccc2c(c1)OCO2)Nc1ccccc1C(=O)c1ccccc1.O=C(O)C(=O)O. The number of ketones is 1. The van der Waals surface area contributed by atoms with Crippen LogP contribution in [0.25, 0.3) is 0 Å². The van der Waals surface area contributed by atoms with Crippen molar-refractivity contribution in [3.63, 3.8) is 0 Å². The second-order valence-corrected chi connectivity index (χ2v) is 7.19. The number of nitrogens with one attached hydrogen (secondary N) is 2. The van der Waals surface area contributed by atoms with Crippen LogP contribution in [0.1, 0.15) is 21.5 Å². The summed E-state index contributed by atoms with van der Waals surface area (Å²) in [6.45, 7) is 0.854. The van der Waals surface area contributed by atoms with Crippen LogP contribution >= 0.6 is 0 Å². The van der Waals surface area contributed by atoms with Crippen molar-refractivity contribution in [2.45, 2.75) is 6.54 Å². The zero-order valence-electron chi connectivity index (χ0n) is 18.4. The van der Waals surface area contributed by atoms with Gasteiger partial charge in [0, 0.05) is 17.7 Å². The average Bonchev–Trinajstić information content (AvgIpc) is 3.33. The molecule has 0 bridgehead atoms. The van der Waals surface area contributed by atoms with E-state index in [1.54, 1.807) is 36.4 Å². The van der Waals surface area contributed by atoms with E-state index in [1.165, 1.54) is 0 Å². The van der Waals surface area contributed by atoms with Gasteiger partial charge in [0.1, 0.15) is 0 Å². The third kappa shape index (κ3) is 7.14. The summed E-state index contributed by atoms with van der Waals surface area (Å²) >= 11 is 0. The van der Waals surface area contributed by atoms with Crippen molar-refractivity contribution in [3.05, 3.63) is 89.5 Å². The minimum absolute atomic E-state index is 0.113. The van der Waals surface area contributed by atoms with Gasteiger partial charge in [0.15, 0.2) is 17.3 Å². The summed E-state index contributed by atoms with van der Waals surface area (Å²) in [5.74, 6) is -2.56. The third-order valence-corrected chi connectivity index (χ3v) is 4.72. The van der Waals surface area contributed by atoms with Crippen molar-refractivity contribution in [1.82, 2.24) is 5.32 Å². The topological polar surface area (TPSA) is 151 Å². The van der Waals surface area contributed by atoms with Crippen molar-refractivity contribution in [3.8, 4) is 11.5 Å². The second kappa shape index (κ2) is 12.0. The molecule has 10 heteroatoms. The van der Waals surface area contributed by atoms with Crippen molar-refractivity contribution in [1.29, 1.82) is 0 Å². The highest BCUT2D eigenvalue weighted by Crippen LogP contribution is 2.32. The number of hydrogen-bond donors (Lipinski definition) is 4. The highest BCUT2D eigenvalue weighted by atomic mass is 16.7.